The first-order valence-electron chi connectivity index (χ1n) is 5.57. The predicted octanol–water partition coefficient (Wildman–Crippen LogP) is -0.0777. The van der Waals surface area contributed by atoms with Crippen molar-refractivity contribution in [3.05, 3.63) is 5.89 Å². The molecule has 7 heteroatoms. The summed E-state index contributed by atoms with van der Waals surface area (Å²) in [6, 6.07) is 0.336. The zero-order chi connectivity index (χ0) is 12.8. The summed E-state index contributed by atoms with van der Waals surface area (Å²) in [7, 11) is 3.55. The Morgan fingerprint density at radius 2 is 2.24 bits per heavy atom. The van der Waals surface area contributed by atoms with E-state index >= 15 is 0 Å². The molecule has 0 spiro atoms. The second kappa shape index (κ2) is 6.19. The molecular formula is C10H19N5O2. The monoisotopic (exact) mass is 241 g/mol. The van der Waals surface area contributed by atoms with Crippen LogP contribution >= 0.6 is 0 Å². The molecule has 0 aliphatic carbocycles. The highest BCUT2D eigenvalue weighted by atomic mass is 16.4. The van der Waals surface area contributed by atoms with Gasteiger partial charge in [0.15, 0.2) is 0 Å². The van der Waals surface area contributed by atoms with Gasteiger partial charge in [0, 0.05) is 13.6 Å². The van der Waals surface area contributed by atoms with E-state index in [4.69, 9.17) is 4.42 Å². The highest BCUT2D eigenvalue weighted by molar-refractivity contribution is 5.80. The summed E-state index contributed by atoms with van der Waals surface area (Å²) < 4.78 is 5.44. The van der Waals surface area contributed by atoms with Crippen molar-refractivity contribution < 1.29 is 9.21 Å². The molecule has 0 bridgehead atoms. The van der Waals surface area contributed by atoms with Gasteiger partial charge in [-0.2, -0.15) is 0 Å². The molecular weight excluding hydrogens is 222 g/mol. The van der Waals surface area contributed by atoms with Crippen molar-refractivity contribution in [1.82, 2.24) is 20.8 Å². The van der Waals surface area contributed by atoms with Crippen LogP contribution in [-0.2, 0) is 4.79 Å². The van der Waals surface area contributed by atoms with Crippen LogP contribution in [0.3, 0.4) is 0 Å². The fourth-order valence-electron chi connectivity index (χ4n) is 1.22. The lowest BCUT2D eigenvalue weighted by Gasteiger charge is -2.13. The summed E-state index contributed by atoms with van der Waals surface area (Å²) in [6.07, 6.45) is 0. The summed E-state index contributed by atoms with van der Waals surface area (Å²) in [5, 5.41) is 13.5. The van der Waals surface area contributed by atoms with Gasteiger partial charge in [-0.15, -0.1) is 5.10 Å². The Labute approximate surface area is 101 Å². The van der Waals surface area contributed by atoms with Crippen LogP contribution in [0.5, 0.6) is 0 Å². The molecule has 7 nitrogen and oxygen atoms in total. The number of amides is 1. The van der Waals surface area contributed by atoms with Crippen LogP contribution in [0, 0.1) is 0 Å². The normalized spacial score (nSPS) is 12.2. The van der Waals surface area contributed by atoms with E-state index in [1.54, 1.807) is 11.9 Å². The van der Waals surface area contributed by atoms with Crippen molar-refractivity contribution in [3.63, 3.8) is 0 Å². The molecule has 2 N–H and O–H groups in total. The van der Waals surface area contributed by atoms with E-state index in [1.807, 2.05) is 20.9 Å². The summed E-state index contributed by atoms with van der Waals surface area (Å²) in [4.78, 5) is 13.0. The molecule has 1 atom stereocenters. The Bertz CT molecular complexity index is 365. The molecule has 0 fully saturated rings. The Morgan fingerprint density at radius 1 is 1.53 bits per heavy atom. The van der Waals surface area contributed by atoms with Gasteiger partial charge in [0.2, 0.25) is 11.8 Å². The Hall–Kier alpha value is -1.63. The first kappa shape index (κ1) is 13.4. The number of rotatable bonds is 6. The van der Waals surface area contributed by atoms with Crippen molar-refractivity contribution in [2.24, 2.45) is 0 Å². The van der Waals surface area contributed by atoms with E-state index in [-0.39, 0.29) is 18.5 Å². The van der Waals surface area contributed by atoms with Crippen LogP contribution < -0.4 is 15.5 Å². The van der Waals surface area contributed by atoms with Crippen molar-refractivity contribution in [2.45, 2.75) is 19.9 Å². The SMILES string of the molecule is CCNC(=O)CN(C)c1nnc(C(C)NC)o1. The van der Waals surface area contributed by atoms with Crippen LogP contribution in [0.4, 0.5) is 6.01 Å². The molecule has 0 radical (unpaired) electrons. The van der Waals surface area contributed by atoms with Gasteiger partial charge in [0.25, 0.3) is 0 Å². The van der Waals surface area contributed by atoms with Crippen LogP contribution in [0.15, 0.2) is 4.42 Å². The van der Waals surface area contributed by atoms with Gasteiger partial charge in [-0.05, 0) is 20.9 Å². The lowest BCUT2D eigenvalue weighted by molar-refractivity contribution is -0.119. The van der Waals surface area contributed by atoms with E-state index in [1.165, 1.54) is 0 Å². The quantitative estimate of drug-likeness (QED) is 0.725. The van der Waals surface area contributed by atoms with Gasteiger partial charge >= 0.3 is 6.01 Å². The van der Waals surface area contributed by atoms with E-state index in [0.29, 0.717) is 18.5 Å². The predicted molar refractivity (Wildman–Crippen MR) is 63.7 cm³/mol. The minimum Gasteiger partial charge on any atom is -0.406 e. The van der Waals surface area contributed by atoms with Crippen molar-refractivity contribution in [3.8, 4) is 0 Å². The van der Waals surface area contributed by atoms with Gasteiger partial charge in [-0.1, -0.05) is 5.10 Å². The first-order chi connectivity index (χ1) is 8.08. The lowest BCUT2D eigenvalue weighted by atomic mass is 10.3. The van der Waals surface area contributed by atoms with Gasteiger partial charge in [-0.3, -0.25) is 4.79 Å². The topological polar surface area (TPSA) is 83.3 Å². The lowest BCUT2D eigenvalue weighted by Crippen LogP contribution is -2.35. The highest BCUT2D eigenvalue weighted by Crippen LogP contribution is 2.15. The number of nitrogens with one attached hydrogen (secondary N) is 2. The molecule has 1 unspecified atom stereocenters. The number of anilines is 1. The zero-order valence-corrected chi connectivity index (χ0v) is 10.6. The zero-order valence-electron chi connectivity index (χ0n) is 10.6. The van der Waals surface area contributed by atoms with Gasteiger partial charge in [0.1, 0.15) is 6.54 Å². The number of carbonyl (C=O) groups excluding carboxylic acids is 1. The molecule has 0 saturated carbocycles. The summed E-state index contributed by atoms with van der Waals surface area (Å²) in [6.45, 7) is 4.60. The average molecular weight is 241 g/mol. The van der Waals surface area contributed by atoms with Crippen molar-refractivity contribution in [1.29, 1.82) is 0 Å². The molecule has 1 aromatic rings. The van der Waals surface area contributed by atoms with Crippen molar-refractivity contribution in [2.75, 3.05) is 32.1 Å². The maximum absolute atomic E-state index is 11.4. The van der Waals surface area contributed by atoms with E-state index in [2.05, 4.69) is 20.8 Å². The van der Waals surface area contributed by atoms with Crippen LogP contribution in [0.2, 0.25) is 0 Å². The number of hydrogen-bond donors (Lipinski definition) is 2. The van der Waals surface area contributed by atoms with Gasteiger partial charge < -0.3 is 20.0 Å². The molecule has 1 amide bonds. The fraction of sp³-hybridized carbons (Fsp3) is 0.700. The molecule has 0 aliphatic rings. The van der Waals surface area contributed by atoms with Crippen molar-refractivity contribution >= 4 is 11.9 Å². The number of aromatic nitrogens is 2. The largest absolute Gasteiger partial charge is 0.406 e. The molecule has 0 aromatic carbocycles. The standard InChI is InChI=1S/C10H19N5O2/c1-5-12-8(16)6-15(4)10-14-13-9(17-10)7(2)11-3/h7,11H,5-6H2,1-4H3,(H,12,16). The molecule has 1 aromatic heterocycles. The van der Waals surface area contributed by atoms with Crippen LogP contribution in [0.1, 0.15) is 25.8 Å². The molecule has 1 rings (SSSR count). The maximum Gasteiger partial charge on any atom is 0.318 e. The second-order valence-electron chi connectivity index (χ2n) is 3.74. The molecule has 0 aliphatic heterocycles. The minimum absolute atomic E-state index is 0.00545. The van der Waals surface area contributed by atoms with Crippen LogP contribution in [0.25, 0.3) is 0 Å². The molecule has 0 saturated heterocycles. The Balaban J connectivity index is 2.60. The fourth-order valence-corrected chi connectivity index (χ4v) is 1.22. The van der Waals surface area contributed by atoms with Gasteiger partial charge in [-0.25, -0.2) is 0 Å². The Morgan fingerprint density at radius 3 is 2.82 bits per heavy atom. The smallest absolute Gasteiger partial charge is 0.318 e. The molecule has 1 heterocycles. The van der Waals surface area contributed by atoms with Crippen LogP contribution in [-0.4, -0.2) is 43.3 Å². The number of nitrogens with zero attached hydrogens (tertiary/aromatic N) is 3. The summed E-state index contributed by atoms with van der Waals surface area (Å²) >= 11 is 0. The third-order valence-corrected chi connectivity index (χ3v) is 2.31. The minimum atomic E-state index is -0.0728. The summed E-state index contributed by atoms with van der Waals surface area (Å²) in [5.74, 6) is 0.432. The molecule has 17 heavy (non-hydrogen) atoms. The average Bonchev–Trinajstić information content (AvgIpc) is 2.77. The van der Waals surface area contributed by atoms with Gasteiger partial charge in [0.05, 0.1) is 6.04 Å². The number of likely N-dealkylation sites (N-methyl/N-ethyl adjacent to an activating group) is 2. The second-order valence-corrected chi connectivity index (χ2v) is 3.74. The van der Waals surface area contributed by atoms with E-state index in [9.17, 15) is 4.79 Å². The number of hydrogen-bond acceptors (Lipinski definition) is 6. The first-order valence-corrected chi connectivity index (χ1v) is 5.57. The van der Waals surface area contributed by atoms with E-state index < -0.39 is 0 Å². The third-order valence-electron chi connectivity index (χ3n) is 2.31. The summed E-state index contributed by atoms with van der Waals surface area (Å²) in [5.41, 5.74) is 0. The highest BCUT2D eigenvalue weighted by Gasteiger charge is 2.16. The van der Waals surface area contributed by atoms with E-state index in [0.717, 1.165) is 0 Å². The maximum atomic E-state index is 11.4. The Kier molecular flexibility index (Phi) is 4.89. The number of carbonyl (C=O) groups is 1. The third kappa shape index (κ3) is 3.70. The molecule has 96 valence electrons.